The van der Waals surface area contributed by atoms with Gasteiger partial charge in [0.2, 0.25) is 11.0 Å². The third-order valence-corrected chi connectivity index (χ3v) is 4.92. The first-order chi connectivity index (χ1) is 10.6. The van der Waals surface area contributed by atoms with Gasteiger partial charge in [0.15, 0.2) is 4.34 Å². The number of hydrogen-bond donors (Lipinski definition) is 1. The second-order valence-electron chi connectivity index (χ2n) is 4.58. The highest BCUT2D eigenvalue weighted by atomic mass is 32.2. The maximum atomic E-state index is 11.0. The van der Waals surface area contributed by atoms with Gasteiger partial charge >= 0.3 is 0 Å². The standard InChI is InChI=1S/C14H13N5OS2/c1-9-7-11(19-6-5-15-8-19)3-4-12(9)21-14-18-17-13(22-14)16-10(2)20/h3-8H,1-2H3,(H,16,17,20). The number of nitrogens with one attached hydrogen (secondary N) is 1. The monoisotopic (exact) mass is 331 g/mol. The van der Waals surface area contributed by atoms with Crippen molar-refractivity contribution >= 4 is 34.1 Å². The average molecular weight is 331 g/mol. The fraction of sp³-hybridized carbons (Fsp3) is 0.143. The predicted octanol–water partition coefficient (Wildman–Crippen LogP) is 3.14. The van der Waals surface area contributed by atoms with E-state index in [0.717, 1.165) is 20.5 Å². The normalized spacial score (nSPS) is 10.6. The molecule has 1 N–H and O–H groups in total. The molecule has 0 saturated carbocycles. The van der Waals surface area contributed by atoms with Crippen molar-refractivity contribution in [3.63, 3.8) is 0 Å². The Balaban J connectivity index is 1.78. The summed E-state index contributed by atoms with van der Waals surface area (Å²) in [4.78, 5) is 16.2. The first-order valence-corrected chi connectivity index (χ1v) is 8.13. The van der Waals surface area contributed by atoms with Crippen LogP contribution in [0.4, 0.5) is 5.13 Å². The lowest BCUT2D eigenvalue weighted by Crippen LogP contribution is -2.04. The Hall–Kier alpha value is -2.19. The minimum absolute atomic E-state index is 0.145. The van der Waals surface area contributed by atoms with Crippen LogP contribution in [-0.2, 0) is 4.79 Å². The van der Waals surface area contributed by atoms with E-state index in [1.54, 1.807) is 12.5 Å². The second kappa shape index (κ2) is 6.29. The number of amides is 1. The number of nitrogens with zero attached hydrogens (tertiary/aromatic N) is 4. The number of aryl methyl sites for hydroxylation is 1. The van der Waals surface area contributed by atoms with Crippen molar-refractivity contribution in [2.75, 3.05) is 5.32 Å². The number of imidazole rings is 1. The highest BCUT2D eigenvalue weighted by Gasteiger charge is 2.09. The number of carbonyl (C=O) groups excluding carboxylic acids is 1. The predicted molar refractivity (Wildman–Crippen MR) is 86.6 cm³/mol. The zero-order valence-corrected chi connectivity index (χ0v) is 13.6. The first kappa shape index (κ1) is 14.7. The van der Waals surface area contributed by atoms with Gasteiger partial charge in [0, 0.05) is 29.9 Å². The molecule has 0 saturated heterocycles. The third kappa shape index (κ3) is 3.34. The summed E-state index contributed by atoms with van der Waals surface area (Å²) < 4.78 is 2.75. The van der Waals surface area contributed by atoms with Gasteiger partial charge in [-0.1, -0.05) is 23.1 Å². The molecule has 8 heteroatoms. The molecule has 1 aromatic carbocycles. The molecule has 1 amide bonds. The van der Waals surface area contributed by atoms with Crippen LogP contribution in [0.3, 0.4) is 0 Å². The lowest BCUT2D eigenvalue weighted by molar-refractivity contribution is -0.114. The van der Waals surface area contributed by atoms with Crippen molar-refractivity contribution in [1.82, 2.24) is 19.7 Å². The van der Waals surface area contributed by atoms with Crippen LogP contribution in [0.15, 0.2) is 46.2 Å². The van der Waals surface area contributed by atoms with E-state index >= 15 is 0 Å². The first-order valence-electron chi connectivity index (χ1n) is 6.50. The van der Waals surface area contributed by atoms with E-state index in [4.69, 9.17) is 0 Å². The summed E-state index contributed by atoms with van der Waals surface area (Å²) in [5, 5.41) is 11.2. The van der Waals surface area contributed by atoms with E-state index < -0.39 is 0 Å². The Morgan fingerprint density at radius 3 is 2.91 bits per heavy atom. The Labute approximate surface area is 135 Å². The number of hydrogen-bond acceptors (Lipinski definition) is 6. The molecule has 0 bridgehead atoms. The summed E-state index contributed by atoms with van der Waals surface area (Å²) in [6, 6.07) is 6.18. The summed E-state index contributed by atoms with van der Waals surface area (Å²) in [5.41, 5.74) is 2.21. The summed E-state index contributed by atoms with van der Waals surface area (Å²) in [5.74, 6) is -0.145. The summed E-state index contributed by atoms with van der Waals surface area (Å²) in [7, 11) is 0. The lowest BCUT2D eigenvalue weighted by atomic mass is 10.2. The largest absolute Gasteiger partial charge is 0.306 e. The molecule has 2 heterocycles. The Morgan fingerprint density at radius 1 is 1.36 bits per heavy atom. The number of carbonyl (C=O) groups is 1. The van der Waals surface area contributed by atoms with Crippen molar-refractivity contribution in [1.29, 1.82) is 0 Å². The number of rotatable bonds is 4. The Bertz CT molecular complexity index is 797. The number of anilines is 1. The van der Waals surface area contributed by atoms with Crippen LogP contribution in [0.25, 0.3) is 5.69 Å². The van der Waals surface area contributed by atoms with E-state index in [1.807, 2.05) is 16.8 Å². The molecule has 112 valence electrons. The molecule has 3 aromatic rings. The maximum absolute atomic E-state index is 11.0. The molecule has 2 aromatic heterocycles. The molecule has 6 nitrogen and oxygen atoms in total. The van der Waals surface area contributed by atoms with Crippen molar-refractivity contribution in [2.24, 2.45) is 0 Å². The zero-order valence-electron chi connectivity index (χ0n) is 12.0. The van der Waals surface area contributed by atoms with E-state index in [2.05, 4.69) is 39.6 Å². The summed E-state index contributed by atoms with van der Waals surface area (Å²) in [6.45, 7) is 3.51. The summed E-state index contributed by atoms with van der Waals surface area (Å²) in [6.07, 6.45) is 5.43. The highest BCUT2D eigenvalue weighted by molar-refractivity contribution is 8.01. The van der Waals surface area contributed by atoms with Crippen molar-refractivity contribution in [3.8, 4) is 5.69 Å². The van der Waals surface area contributed by atoms with Gasteiger partial charge in [-0.25, -0.2) is 4.98 Å². The van der Waals surface area contributed by atoms with Crippen molar-refractivity contribution < 1.29 is 4.79 Å². The molecule has 0 spiro atoms. The molecule has 0 aliphatic rings. The van der Waals surface area contributed by atoms with Crippen molar-refractivity contribution in [2.45, 2.75) is 23.1 Å². The minimum atomic E-state index is -0.145. The van der Waals surface area contributed by atoms with Gasteiger partial charge in [0.1, 0.15) is 0 Å². The quantitative estimate of drug-likeness (QED) is 0.744. The Kier molecular flexibility index (Phi) is 4.21. The molecule has 0 radical (unpaired) electrons. The van der Waals surface area contributed by atoms with Crippen LogP contribution in [0.2, 0.25) is 0 Å². The van der Waals surface area contributed by atoms with Gasteiger partial charge in [-0.3, -0.25) is 4.79 Å². The minimum Gasteiger partial charge on any atom is -0.306 e. The van der Waals surface area contributed by atoms with Crippen LogP contribution in [0.1, 0.15) is 12.5 Å². The molecular weight excluding hydrogens is 318 g/mol. The maximum Gasteiger partial charge on any atom is 0.223 e. The molecule has 0 aliphatic carbocycles. The lowest BCUT2D eigenvalue weighted by Gasteiger charge is -2.07. The van der Waals surface area contributed by atoms with Gasteiger partial charge in [-0.15, -0.1) is 10.2 Å². The van der Waals surface area contributed by atoms with Crippen LogP contribution < -0.4 is 5.32 Å². The number of benzene rings is 1. The highest BCUT2D eigenvalue weighted by Crippen LogP contribution is 2.34. The van der Waals surface area contributed by atoms with Gasteiger partial charge in [-0.2, -0.15) is 0 Å². The zero-order chi connectivity index (χ0) is 15.5. The smallest absolute Gasteiger partial charge is 0.223 e. The third-order valence-electron chi connectivity index (χ3n) is 2.85. The van der Waals surface area contributed by atoms with Gasteiger partial charge in [0.05, 0.1) is 6.33 Å². The van der Waals surface area contributed by atoms with Crippen LogP contribution in [0.5, 0.6) is 0 Å². The SMILES string of the molecule is CC(=O)Nc1nnc(Sc2ccc(-n3ccnc3)cc2C)s1. The van der Waals surface area contributed by atoms with E-state index in [-0.39, 0.29) is 5.91 Å². The summed E-state index contributed by atoms with van der Waals surface area (Å²) >= 11 is 2.90. The van der Waals surface area contributed by atoms with Crippen LogP contribution in [0, 0.1) is 6.92 Å². The van der Waals surface area contributed by atoms with Gasteiger partial charge in [0.25, 0.3) is 0 Å². The van der Waals surface area contributed by atoms with E-state index in [0.29, 0.717) is 5.13 Å². The van der Waals surface area contributed by atoms with Crippen molar-refractivity contribution in [3.05, 3.63) is 42.5 Å². The molecule has 22 heavy (non-hydrogen) atoms. The fourth-order valence-electron chi connectivity index (χ4n) is 1.87. The molecule has 0 aliphatic heterocycles. The molecular formula is C14H13N5OS2. The van der Waals surface area contributed by atoms with Gasteiger partial charge < -0.3 is 9.88 Å². The topological polar surface area (TPSA) is 72.7 Å². The fourth-order valence-corrected chi connectivity index (χ4v) is 3.69. The van der Waals surface area contributed by atoms with E-state index in [1.165, 1.54) is 30.0 Å². The second-order valence-corrected chi connectivity index (χ2v) is 6.84. The van der Waals surface area contributed by atoms with Crippen LogP contribution in [-0.4, -0.2) is 25.7 Å². The van der Waals surface area contributed by atoms with Gasteiger partial charge in [-0.05, 0) is 30.7 Å². The molecule has 0 atom stereocenters. The average Bonchev–Trinajstić information content (AvgIpc) is 3.12. The van der Waals surface area contributed by atoms with Crippen LogP contribution >= 0.6 is 23.1 Å². The number of aromatic nitrogens is 4. The molecule has 3 rings (SSSR count). The van der Waals surface area contributed by atoms with E-state index in [9.17, 15) is 4.79 Å². The molecule has 0 fully saturated rings. The Morgan fingerprint density at radius 2 is 2.23 bits per heavy atom. The molecule has 0 unspecified atom stereocenters.